The van der Waals surface area contributed by atoms with Crippen LogP contribution in [0.3, 0.4) is 0 Å². The molecule has 0 amide bonds. The summed E-state index contributed by atoms with van der Waals surface area (Å²) < 4.78 is 381. The smallest absolute Gasteiger partial charge is 0.369 e. The molecule has 0 saturated heterocycles. The average molecular weight is 1170 g/mol. The molecule has 5 aromatic carbocycles. The Morgan fingerprint density at radius 3 is 0.797 bits per heavy atom. The summed E-state index contributed by atoms with van der Waals surface area (Å²) in [6.07, 6.45) is -57.1. The van der Waals surface area contributed by atoms with Crippen LogP contribution in [0.1, 0.15) is 65.2 Å². The zero-order chi connectivity index (χ0) is 60.1. The standard InChI is InChI=1S/C32H12BF24.C15H11F3NO3/c34-25(35,36)13-1-14(26(37,38)39)6-21(5-13)33(22-7-15(27(40,41)42)2-16(8-22)28(43,44)45,23-9-17(29(46,47)48)3-18(10-23)30(49,50)51)24-11-19(31(52,53)54)4-20(12-24)32(55,56)57;16-15(17,18)22-14(21)12-6-8-19(9-7-12)10-13(20)11-4-2-1-3-5-11/h1-12H;1-9H,10H2/q-1;+1. The third-order valence-electron chi connectivity index (χ3n) is 11.2. The maximum absolute atomic E-state index is 14.2. The van der Waals surface area contributed by atoms with Crippen LogP contribution in [0, 0.1) is 0 Å². The van der Waals surface area contributed by atoms with Gasteiger partial charge >= 0.3 is 61.7 Å². The number of aromatic nitrogens is 1. The number of esters is 1. The molecule has 0 aliphatic rings. The van der Waals surface area contributed by atoms with Gasteiger partial charge in [0, 0.05) is 17.7 Å². The first kappa shape index (κ1) is 62.4. The van der Waals surface area contributed by atoms with Crippen molar-refractivity contribution < 1.29 is 137 Å². The summed E-state index contributed by atoms with van der Waals surface area (Å²) in [7, 11) is 0. The molecule has 32 heteroatoms. The van der Waals surface area contributed by atoms with Crippen molar-refractivity contribution in [3.05, 3.63) is 183 Å². The first-order chi connectivity index (χ1) is 35.6. The Balaban J connectivity index is 0.000000433. The van der Waals surface area contributed by atoms with E-state index in [2.05, 4.69) is 4.74 Å². The van der Waals surface area contributed by atoms with Crippen LogP contribution in [0.4, 0.5) is 119 Å². The molecular formula is C47H23BF27NO3. The minimum Gasteiger partial charge on any atom is -0.369 e. The van der Waals surface area contributed by atoms with Crippen molar-refractivity contribution in [2.45, 2.75) is 62.3 Å². The van der Waals surface area contributed by atoms with Gasteiger partial charge in [-0.05, 0) is 24.3 Å². The Kier molecular flexibility index (Phi) is 16.8. The highest BCUT2D eigenvalue weighted by atomic mass is 19.4. The fourth-order valence-corrected chi connectivity index (χ4v) is 7.81. The van der Waals surface area contributed by atoms with Gasteiger partial charge in [0.2, 0.25) is 12.3 Å². The molecule has 1 aromatic heterocycles. The van der Waals surface area contributed by atoms with Crippen molar-refractivity contribution >= 4 is 39.7 Å². The maximum Gasteiger partial charge on any atom is 0.575 e. The van der Waals surface area contributed by atoms with Gasteiger partial charge in [-0.25, -0.2) is 4.79 Å². The van der Waals surface area contributed by atoms with Crippen LogP contribution in [-0.2, 0) is 60.7 Å². The molecule has 426 valence electrons. The number of hydrogen-bond donors (Lipinski definition) is 0. The number of benzene rings is 5. The van der Waals surface area contributed by atoms with E-state index in [9.17, 15) is 128 Å². The fourth-order valence-electron chi connectivity index (χ4n) is 7.81. The number of rotatable bonds is 8. The number of carbonyl (C=O) groups excluding carboxylic acids is 2. The number of ether oxygens (including phenoxy) is 1. The van der Waals surface area contributed by atoms with Gasteiger partial charge < -0.3 is 4.74 Å². The summed E-state index contributed by atoms with van der Waals surface area (Å²) >= 11 is 0. The van der Waals surface area contributed by atoms with Gasteiger partial charge in [0.1, 0.15) is 6.15 Å². The number of pyridine rings is 1. The molecule has 6 rings (SSSR count). The third kappa shape index (κ3) is 15.2. The summed E-state index contributed by atoms with van der Waals surface area (Å²) in [6.45, 7) is 0.0125. The zero-order valence-electron chi connectivity index (χ0n) is 37.8. The highest BCUT2D eigenvalue weighted by Gasteiger charge is 2.47. The van der Waals surface area contributed by atoms with Crippen LogP contribution >= 0.6 is 0 Å². The van der Waals surface area contributed by atoms with E-state index in [0.717, 1.165) is 12.1 Å². The van der Waals surface area contributed by atoms with Crippen molar-refractivity contribution in [3.63, 3.8) is 0 Å². The topological polar surface area (TPSA) is 47.2 Å². The van der Waals surface area contributed by atoms with E-state index >= 15 is 0 Å². The molecule has 0 N–H and O–H groups in total. The van der Waals surface area contributed by atoms with Crippen LogP contribution in [-0.4, -0.2) is 24.3 Å². The van der Waals surface area contributed by atoms with Crippen molar-refractivity contribution in [1.82, 2.24) is 0 Å². The van der Waals surface area contributed by atoms with Gasteiger partial charge in [0.25, 0.3) is 0 Å². The Morgan fingerprint density at radius 1 is 0.342 bits per heavy atom. The number of alkyl halides is 27. The van der Waals surface area contributed by atoms with Crippen LogP contribution in [0.5, 0.6) is 0 Å². The first-order valence-corrected chi connectivity index (χ1v) is 20.8. The van der Waals surface area contributed by atoms with E-state index in [1.165, 1.54) is 17.0 Å². The predicted molar refractivity (Wildman–Crippen MR) is 219 cm³/mol. The largest absolute Gasteiger partial charge is 0.575 e. The lowest BCUT2D eigenvalue weighted by Gasteiger charge is -2.46. The lowest BCUT2D eigenvalue weighted by atomic mass is 9.12. The van der Waals surface area contributed by atoms with Gasteiger partial charge in [-0.2, -0.15) is 132 Å². The number of hydrogen-bond acceptors (Lipinski definition) is 3. The van der Waals surface area contributed by atoms with E-state index in [1.54, 1.807) is 30.3 Å². The van der Waals surface area contributed by atoms with E-state index in [1.807, 2.05) is 0 Å². The molecule has 0 atom stereocenters. The highest BCUT2D eigenvalue weighted by Crippen LogP contribution is 2.41. The Labute approximate surface area is 422 Å². The lowest BCUT2D eigenvalue weighted by Crippen LogP contribution is -2.75. The fraction of sp³-hybridized carbons (Fsp3) is 0.213. The van der Waals surface area contributed by atoms with Gasteiger partial charge in [-0.1, -0.05) is 78.9 Å². The molecule has 0 aliphatic carbocycles. The summed E-state index contributed by atoms with van der Waals surface area (Å²) in [5, 5.41) is 0. The van der Waals surface area contributed by atoms with Gasteiger partial charge in [0.15, 0.2) is 12.4 Å². The van der Waals surface area contributed by atoms with E-state index in [0.29, 0.717) is 5.56 Å². The van der Waals surface area contributed by atoms with Crippen molar-refractivity contribution in [1.29, 1.82) is 0 Å². The molecule has 0 spiro atoms. The minimum absolute atomic E-state index is 0.0125. The number of halogens is 27. The van der Waals surface area contributed by atoms with Gasteiger partial charge in [0.05, 0.1) is 50.1 Å². The predicted octanol–water partition coefficient (Wildman–Crippen LogP) is 13.7. The SMILES string of the molecule is FC(F)(F)c1cc([B-](c2cc(C(F)(F)F)cc(C(F)(F)F)c2)(c2cc(C(F)(F)F)cc(C(F)(F)F)c2)c2cc(C(F)(F)F)cc(C(F)(F)F)c2)cc(C(F)(F)F)c1.O=C(C[n+]1ccc(C(=O)OC(F)(F)F)cc1)c1ccccc1. The molecule has 4 nitrogen and oxygen atoms in total. The zero-order valence-corrected chi connectivity index (χ0v) is 37.8. The molecule has 0 radical (unpaired) electrons. The van der Waals surface area contributed by atoms with Crippen LogP contribution < -0.4 is 26.4 Å². The summed E-state index contributed by atoms with van der Waals surface area (Å²) in [6, 6.07) is 2.08. The normalized spacial score (nSPS) is 13.4. The van der Waals surface area contributed by atoms with Crippen molar-refractivity contribution in [2.75, 3.05) is 0 Å². The monoisotopic (exact) mass is 1170 g/mol. The molecule has 0 saturated carbocycles. The van der Waals surface area contributed by atoms with E-state index in [-0.39, 0.29) is 17.9 Å². The van der Waals surface area contributed by atoms with E-state index < -0.39 is 207 Å². The van der Waals surface area contributed by atoms with Crippen LogP contribution in [0.2, 0.25) is 0 Å². The Hall–Kier alpha value is -7.44. The van der Waals surface area contributed by atoms with Crippen LogP contribution in [0.25, 0.3) is 0 Å². The third-order valence-corrected chi connectivity index (χ3v) is 11.2. The second-order valence-corrected chi connectivity index (χ2v) is 16.6. The molecule has 79 heavy (non-hydrogen) atoms. The first-order valence-electron chi connectivity index (χ1n) is 20.8. The quantitative estimate of drug-likeness (QED) is 0.0502. The molecule has 6 aromatic rings. The Morgan fingerprint density at radius 2 is 0.582 bits per heavy atom. The second kappa shape index (κ2) is 21.3. The number of Topliss-reactive ketones (excluding diaryl/α,β-unsaturated/α-hetero) is 1. The lowest BCUT2D eigenvalue weighted by molar-refractivity contribution is -0.683. The van der Waals surface area contributed by atoms with Crippen molar-refractivity contribution in [2.24, 2.45) is 0 Å². The molecule has 1 heterocycles. The molecule has 0 bridgehead atoms. The number of carbonyl (C=O) groups is 2. The summed E-state index contributed by atoms with van der Waals surface area (Å²) in [5.74, 6) is -1.65. The average Bonchev–Trinajstić information content (AvgIpc) is 3.34. The summed E-state index contributed by atoms with van der Waals surface area (Å²) in [4.78, 5) is 23.2. The van der Waals surface area contributed by atoms with Crippen LogP contribution in [0.15, 0.2) is 128 Å². The second-order valence-electron chi connectivity index (χ2n) is 16.6. The molecular weight excluding hydrogens is 1150 g/mol. The highest BCUT2D eigenvalue weighted by molar-refractivity contribution is 7.20. The van der Waals surface area contributed by atoms with Crippen molar-refractivity contribution in [3.8, 4) is 0 Å². The number of ketones is 1. The Bertz CT molecular complexity index is 2740. The molecule has 0 unspecified atom stereocenters. The number of nitrogens with zero attached hydrogens (tertiary/aromatic N) is 1. The molecule has 0 fully saturated rings. The minimum atomic E-state index is -6.13. The van der Waals surface area contributed by atoms with E-state index in [4.69, 9.17) is 0 Å². The van der Waals surface area contributed by atoms with Gasteiger partial charge in [-0.3, -0.25) is 4.79 Å². The molecule has 0 aliphatic heterocycles. The van der Waals surface area contributed by atoms with Gasteiger partial charge in [-0.15, -0.1) is 13.2 Å². The summed E-state index contributed by atoms with van der Waals surface area (Å²) in [5.41, 5.74) is -29.9. The maximum atomic E-state index is 14.2.